The van der Waals surface area contributed by atoms with Gasteiger partial charge < -0.3 is 4.74 Å². The quantitative estimate of drug-likeness (QED) is 0.621. The molecule has 0 atom stereocenters. The van der Waals surface area contributed by atoms with Gasteiger partial charge >= 0.3 is 6.09 Å². The molecule has 1 amide bonds. The average molecular weight is 183 g/mol. The highest BCUT2D eigenvalue weighted by atomic mass is 16.6. The van der Waals surface area contributed by atoms with Crippen molar-refractivity contribution in [2.45, 2.75) is 20.8 Å². The van der Waals surface area contributed by atoms with Crippen molar-refractivity contribution in [3.8, 4) is 12.3 Å². The molecule has 0 heterocycles. The highest BCUT2D eigenvalue weighted by Crippen LogP contribution is 1.97. The van der Waals surface area contributed by atoms with E-state index in [0.29, 0.717) is 25.6 Å². The van der Waals surface area contributed by atoms with Gasteiger partial charge in [0, 0.05) is 6.54 Å². The van der Waals surface area contributed by atoms with Crippen LogP contribution in [0.15, 0.2) is 0 Å². The lowest BCUT2D eigenvalue weighted by molar-refractivity contribution is 0.0979. The van der Waals surface area contributed by atoms with Gasteiger partial charge in [-0.3, -0.25) is 4.90 Å². The summed E-state index contributed by atoms with van der Waals surface area (Å²) in [4.78, 5) is 12.8. The molecule has 0 aliphatic rings. The number of carbonyl (C=O) groups is 1. The molecule has 3 heteroatoms. The van der Waals surface area contributed by atoms with E-state index in [2.05, 4.69) is 5.92 Å². The van der Waals surface area contributed by atoms with Crippen LogP contribution >= 0.6 is 0 Å². The van der Waals surface area contributed by atoms with Crippen molar-refractivity contribution in [3.63, 3.8) is 0 Å². The van der Waals surface area contributed by atoms with E-state index in [1.807, 2.05) is 20.8 Å². The van der Waals surface area contributed by atoms with E-state index in [-0.39, 0.29) is 6.09 Å². The molecule has 0 N–H and O–H groups in total. The fourth-order valence-corrected chi connectivity index (χ4v) is 0.745. The van der Waals surface area contributed by atoms with Gasteiger partial charge in [0.05, 0.1) is 13.2 Å². The van der Waals surface area contributed by atoms with E-state index >= 15 is 0 Å². The minimum Gasteiger partial charge on any atom is -0.449 e. The van der Waals surface area contributed by atoms with Gasteiger partial charge in [-0.2, -0.15) is 0 Å². The van der Waals surface area contributed by atoms with Crippen molar-refractivity contribution in [3.05, 3.63) is 0 Å². The molecule has 0 aromatic carbocycles. The number of carbonyl (C=O) groups excluding carboxylic acids is 1. The maximum Gasteiger partial charge on any atom is 0.410 e. The Morgan fingerprint density at radius 1 is 1.62 bits per heavy atom. The van der Waals surface area contributed by atoms with Crippen LogP contribution in [-0.4, -0.2) is 30.7 Å². The lowest BCUT2D eigenvalue weighted by Gasteiger charge is -2.18. The summed E-state index contributed by atoms with van der Waals surface area (Å²) in [7, 11) is 0. The number of rotatable bonds is 4. The van der Waals surface area contributed by atoms with E-state index < -0.39 is 0 Å². The Labute approximate surface area is 80.1 Å². The van der Waals surface area contributed by atoms with Crippen molar-refractivity contribution in [1.29, 1.82) is 0 Å². The molecule has 0 aromatic rings. The Bertz CT molecular complexity index is 194. The zero-order valence-electron chi connectivity index (χ0n) is 8.54. The first-order valence-corrected chi connectivity index (χ1v) is 4.47. The molecular formula is C10H17NO2. The van der Waals surface area contributed by atoms with Gasteiger partial charge in [-0.1, -0.05) is 19.8 Å². The molecule has 0 aromatic heterocycles. The second-order valence-corrected chi connectivity index (χ2v) is 3.19. The van der Waals surface area contributed by atoms with E-state index in [4.69, 9.17) is 11.2 Å². The van der Waals surface area contributed by atoms with E-state index in [1.54, 1.807) is 0 Å². The van der Waals surface area contributed by atoms with Gasteiger partial charge in [-0.15, -0.1) is 6.42 Å². The molecule has 0 saturated carbocycles. The third kappa shape index (κ3) is 5.13. The van der Waals surface area contributed by atoms with Crippen molar-refractivity contribution in [2.24, 2.45) is 5.92 Å². The Morgan fingerprint density at radius 2 is 2.23 bits per heavy atom. The van der Waals surface area contributed by atoms with Crippen molar-refractivity contribution < 1.29 is 9.53 Å². The fourth-order valence-electron chi connectivity index (χ4n) is 0.745. The summed E-state index contributed by atoms with van der Waals surface area (Å²) < 4.78 is 5.00. The second-order valence-electron chi connectivity index (χ2n) is 3.19. The number of amides is 1. The van der Waals surface area contributed by atoms with Gasteiger partial charge in [-0.25, -0.2) is 4.79 Å². The molecule has 0 spiro atoms. The minimum atomic E-state index is -0.325. The highest BCUT2D eigenvalue weighted by molar-refractivity contribution is 5.67. The number of terminal acetylenes is 1. The molecule has 0 unspecified atom stereocenters. The summed E-state index contributed by atoms with van der Waals surface area (Å²) in [5.41, 5.74) is 0. The lowest BCUT2D eigenvalue weighted by atomic mass is 10.2. The predicted octanol–water partition coefficient (Wildman–Crippen LogP) is 1.73. The summed E-state index contributed by atoms with van der Waals surface area (Å²) in [5, 5.41) is 0. The van der Waals surface area contributed by atoms with Crippen LogP contribution in [-0.2, 0) is 4.74 Å². The topological polar surface area (TPSA) is 29.5 Å². The van der Waals surface area contributed by atoms with Crippen LogP contribution in [0.4, 0.5) is 4.79 Å². The molecule has 0 fully saturated rings. The van der Waals surface area contributed by atoms with Crippen molar-refractivity contribution >= 4 is 6.09 Å². The second kappa shape index (κ2) is 6.36. The molecule has 13 heavy (non-hydrogen) atoms. The summed E-state index contributed by atoms with van der Waals surface area (Å²) >= 11 is 0. The minimum absolute atomic E-state index is 0.313. The third-order valence-corrected chi connectivity index (χ3v) is 1.46. The summed E-state index contributed by atoms with van der Waals surface area (Å²) in [6.45, 7) is 7.19. The monoisotopic (exact) mass is 183 g/mol. The molecule has 0 saturated heterocycles. The van der Waals surface area contributed by atoms with Crippen LogP contribution in [0.25, 0.3) is 0 Å². The van der Waals surface area contributed by atoms with Crippen LogP contribution in [0.1, 0.15) is 20.8 Å². The maximum absolute atomic E-state index is 11.3. The van der Waals surface area contributed by atoms with Crippen LogP contribution in [0.5, 0.6) is 0 Å². The van der Waals surface area contributed by atoms with Gasteiger partial charge in [-0.05, 0) is 12.8 Å². The van der Waals surface area contributed by atoms with Gasteiger partial charge in [0.15, 0.2) is 0 Å². The number of hydrogen-bond donors (Lipinski definition) is 0. The van der Waals surface area contributed by atoms with E-state index in [9.17, 15) is 4.79 Å². The average Bonchev–Trinajstić information content (AvgIpc) is 2.10. The lowest BCUT2D eigenvalue weighted by Crippen LogP contribution is -2.32. The smallest absolute Gasteiger partial charge is 0.410 e. The van der Waals surface area contributed by atoms with Crippen LogP contribution in [0.3, 0.4) is 0 Å². The Hall–Kier alpha value is -1.17. The molecule has 74 valence electrons. The van der Waals surface area contributed by atoms with Crippen molar-refractivity contribution in [2.75, 3.05) is 19.7 Å². The van der Waals surface area contributed by atoms with E-state index in [1.165, 1.54) is 4.90 Å². The SMILES string of the molecule is C#CCN(CC)C(=O)OCC(C)C. The molecule has 3 nitrogen and oxygen atoms in total. The molecule has 0 aliphatic carbocycles. The normalized spacial score (nSPS) is 9.46. The Morgan fingerprint density at radius 3 is 2.62 bits per heavy atom. The number of hydrogen-bond acceptors (Lipinski definition) is 2. The Balaban J connectivity index is 3.86. The first-order chi connectivity index (χ1) is 6.11. The highest BCUT2D eigenvalue weighted by Gasteiger charge is 2.11. The largest absolute Gasteiger partial charge is 0.449 e. The number of ether oxygens (including phenoxy) is 1. The van der Waals surface area contributed by atoms with E-state index in [0.717, 1.165) is 0 Å². The zero-order valence-corrected chi connectivity index (χ0v) is 8.54. The van der Waals surface area contributed by atoms with Gasteiger partial charge in [0.25, 0.3) is 0 Å². The van der Waals surface area contributed by atoms with Gasteiger partial charge in [0.2, 0.25) is 0 Å². The fraction of sp³-hybridized carbons (Fsp3) is 0.700. The molecule has 0 bridgehead atoms. The van der Waals surface area contributed by atoms with Crippen molar-refractivity contribution in [1.82, 2.24) is 4.90 Å². The van der Waals surface area contributed by atoms with Gasteiger partial charge in [0.1, 0.15) is 0 Å². The van der Waals surface area contributed by atoms with Crippen LogP contribution < -0.4 is 0 Å². The summed E-state index contributed by atoms with van der Waals surface area (Å²) in [6, 6.07) is 0. The molecule has 0 radical (unpaired) electrons. The standard InChI is InChI=1S/C10H17NO2/c1-5-7-11(6-2)10(12)13-8-9(3)4/h1,9H,6-8H2,2-4H3. The molecular weight excluding hydrogens is 166 g/mol. The predicted molar refractivity (Wildman–Crippen MR) is 52.3 cm³/mol. The molecule has 0 aliphatic heterocycles. The first-order valence-electron chi connectivity index (χ1n) is 4.47. The third-order valence-electron chi connectivity index (χ3n) is 1.46. The first kappa shape index (κ1) is 11.8. The zero-order chi connectivity index (χ0) is 10.3. The maximum atomic E-state index is 11.3. The summed E-state index contributed by atoms with van der Waals surface area (Å²) in [6.07, 6.45) is 4.77. The van der Waals surface area contributed by atoms with Crippen LogP contribution in [0, 0.1) is 18.3 Å². The number of nitrogens with zero attached hydrogens (tertiary/aromatic N) is 1. The van der Waals surface area contributed by atoms with Crippen LogP contribution in [0.2, 0.25) is 0 Å². The summed E-state index contributed by atoms with van der Waals surface area (Å²) in [5.74, 6) is 2.77. The Kier molecular flexibility index (Phi) is 5.79. The molecule has 0 rings (SSSR count).